The molecule has 1 amide bonds. The van der Waals surface area contributed by atoms with Crippen LogP contribution in [0.4, 0.5) is 0 Å². The fourth-order valence-electron chi connectivity index (χ4n) is 1.63. The van der Waals surface area contributed by atoms with Crippen molar-refractivity contribution in [3.8, 4) is 0 Å². The van der Waals surface area contributed by atoms with E-state index in [4.69, 9.17) is 0 Å². The Hall–Kier alpha value is -0.870. The van der Waals surface area contributed by atoms with Gasteiger partial charge in [0.2, 0.25) is 0 Å². The highest BCUT2D eigenvalue weighted by Crippen LogP contribution is 2.16. The third-order valence-corrected chi connectivity index (χ3v) is 3.34. The van der Waals surface area contributed by atoms with Crippen molar-refractivity contribution in [2.24, 2.45) is 0 Å². The van der Waals surface area contributed by atoms with Gasteiger partial charge in [0, 0.05) is 13.1 Å². The van der Waals surface area contributed by atoms with Crippen molar-refractivity contribution in [2.75, 3.05) is 13.1 Å². The van der Waals surface area contributed by atoms with Crippen LogP contribution in [0.2, 0.25) is 0 Å². The van der Waals surface area contributed by atoms with Crippen molar-refractivity contribution < 1.29 is 9.90 Å². The highest BCUT2D eigenvalue weighted by Gasteiger charge is 2.22. The second-order valence-corrected chi connectivity index (χ2v) is 4.45. The fraction of sp³-hybridized carbons (Fsp3) is 0.500. The van der Waals surface area contributed by atoms with Gasteiger partial charge in [-0.2, -0.15) is 0 Å². The molecule has 3 nitrogen and oxygen atoms in total. The number of thiophene rings is 1. The summed E-state index contributed by atoms with van der Waals surface area (Å²) in [7, 11) is 0. The Balaban J connectivity index is 1.99. The molecule has 76 valence electrons. The molecular weight excluding hydrogens is 198 g/mol. The van der Waals surface area contributed by atoms with Gasteiger partial charge in [-0.3, -0.25) is 4.79 Å². The molecule has 1 N–H and O–H groups in total. The molecule has 0 bridgehead atoms. The van der Waals surface area contributed by atoms with Crippen molar-refractivity contribution in [2.45, 2.75) is 18.9 Å². The van der Waals surface area contributed by atoms with Crippen molar-refractivity contribution in [1.82, 2.24) is 4.90 Å². The summed E-state index contributed by atoms with van der Waals surface area (Å²) >= 11 is 1.47. The lowest BCUT2D eigenvalue weighted by Crippen LogP contribution is -2.39. The molecule has 0 radical (unpaired) electrons. The van der Waals surface area contributed by atoms with E-state index >= 15 is 0 Å². The van der Waals surface area contributed by atoms with Gasteiger partial charge >= 0.3 is 0 Å². The monoisotopic (exact) mass is 211 g/mol. The number of amides is 1. The number of aliphatic hydroxyl groups excluding tert-OH is 1. The maximum atomic E-state index is 11.8. The van der Waals surface area contributed by atoms with Crippen molar-refractivity contribution >= 4 is 17.2 Å². The van der Waals surface area contributed by atoms with Crippen LogP contribution in [0, 0.1) is 0 Å². The Morgan fingerprint density at radius 1 is 1.50 bits per heavy atom. The first-order valence-corrected chi connectivity index (χ1v) is 5.66. The van der Waals surface area contributed by atoms with Crippen LogP contribution >= 0.6 is 11.3 Å². The van der Waals surface area contributed by atoms with Gasteiger partial charge in [-0.1, -0.05) is 6.07 Å². The zero-order valence-corrected chi connectivity index (χ0v) is 8.67. The first-order valence-electron chi connectivity index (χ1n) is 4.78. The average Bonchev–Trinajstić information content (AvgIpc) is 2.71. The van der Waals surface area contributed by atoms with Crippen LogP contribution in [0.25, 0.3) is 0 Å². The Labute approximate surface area is 87.0 Å². The largest absolute Gasteiger partial charge is 0.393 e. The molecule has 1 aliphatic rings. The number of carbonyl (C=O) groups is 1. The van der Waals surface area contributed by atoms with Crippen LogP contribution in [0.3, 0.4) is 0 Å². The SMILES string of the molecule is O=C(c1cccs1)N1CCC(O)CC1. The maximum Gasteiger partial charge on any atom is 0.263 e. The Bertz CT molecular complexity index is 302. The van der Waals surface area contributed by atoms with Crippen LogP contribution in [-0.4, -0.2) is 35.1 Å². The number of hydrogen-bond acceptors (Lipinski definition) is 3. The summed E-state index contributed by atoms with van der Waals surface area (Å²) in [6, 6.07) is 3.73. The molecule has 1 saturated heterocycles. The summed E-state index contributed by atoms with van der Waals surface area (Å²) in [4.78, 5) is 14.4. The quantitative estimate of drug-likeness (QED) is 0.761. The van der Waals surface area contributed by atoms with Crippen molar-refractivity contribution in [1.29, 1.82) is 0 Å². The van der Waals surface area contributed by atoms with E-state index in [1.807, 2.05) is 22.4 Å². The van der Waals surface area contributed by atoms with Crippen LogP contribution in [0.5, 0.6) is 0 Å². The van der Waals surface area contributed by atoms with E-state index in [-0.39, 0.29) is 12.0 Å². The summed E-state index contributed by atoms with van der Waals surface area (Å²) in [6.07, 6.45) is 1.19. The van der Waals surface area contributed by atoms with Gasteiger partial charge in [0.25, 0.3) is 5.91 Å². The molecule has 2 rings (SSSR count). The van der Waals surface area contributed by atoms with Crippen molar-refractivity contribution in [3.05, 3.63) is 22.4 Å². The van der Waals surface area contributed by atoms with Crippen LogP contribution < -0.4 is 0 Å². The number of aliphatic hydroxyl groups is 1. The van der Waals surface area contributed by atoms with E-state index in [0.717, 1.165) is 4.88 Å². The van der Waals surface area contributed by atoms with E-state index in [1.165, 1.54) is 11.3 Å². The molecule has 1 aliphatic heterocycles. The zero-order chi connectivity index (χ0) is 9.97. The highest BCUT2D eigenvalue weighted by molar-refractivity contribution is 7.12. The molecule has 14 heavy (non-hydrogen) atoms. The van der Waals surface area contributed by atoms with Gasteiger partial charge in [0.1, 0.15) is 0 Å². The molecule has 0 saturated carbocycles. The van der Waals surface area contributed by atoms with Gasteiger partial charge in [-0.25, -0.2) is 0 Å². The minimum Gasteiger partial charge on any atom is -0.393 e. The van der Waals surface area contributed by atoms with Crippen LogP contribution in [0.15, 0.2) is 17.5 Å². The standard InChI is InChI=1S/C10H13NO2S/c12-8-3-5-11(6-4-8)10(13)9-2-1-7-14-9/h1-2,7-8,12H,3-6H2. The Morgan fingerprint density at radius 3 is 2.79 bits per heavy atom. The average molecular weight is 211 g/mol. The topological polar surface area (TPSA) is 40.5 Å². The molecule has 1 fully saturated rings. The number of carbonyl (C=O) groups excluding carboxylic acids is 1. The second kappa shape index (κ2) is 4.11. The number of rotatable bonds is 1. The molecular formula is C10H13NO2S. The zero-order valence-electron chi connectivity index (χ0n) is 7.85. The normalized spacial score (nSPS) is 18.5. The molecule has 1 aromatic rings. The summed E-state index contributed by atoms with van der Waals surface area (Å²) < 4.78 is 0. The van der Waals surface area contributed by atoms with E-state index in [0.29, 0.717) is 25.9 Å². The number of likely N-dealkylation sites (tertiary alicyclic amines) is 1. The predicted molar refractivity (Wildman–Crippen MR) is 55.5 cm³/mol. The molecule has 0 spiro atoms. The first-order chi connectivity index (χ1) is 6.77. The molecule has 2 heterocycles. The van der Waals surface area contributed by atoms with E-state index in [1.54, 1.807) is 0 Å². The third-order valence-electron chi connectivity index (χ3n) is 2.48. The van der Waals surface area contributed by atoms with Gasteiger partial charge in [0.05, 0.1) is 11.0 Å². The third kappa shape index (κ3) is 1.96. The predicted octanol–water partition coefficient (Wildman–Crippen LogP) is 1.34. The van der Waals surface area contributed by atoms with E-state index in [9.17, 15) is 9.90 Å². The molecule has 0 aromatic carbocycles. The smallest absolute Gasteiger partial charge is 0.263 e. The van der Waals surface area contributed by atoms with Gasteiger partial charge < -0.3 is 10.0 Å². The van der Waals surface area contributed by atoms with Crippen LogP contribution in [-0.2, 0) is 0 Å². The number of nitrogens with zero attached hydrogens (tertiary/aromatic N) is 1. The highest BCUT2D eigenvalue weighted by atomic mass is 32.1. The molecule has 0 atom stereocenters. The summed E-state index contributed by atoms with van der Waals surface area (Å²) in [5, 5.41) is 11.2. The lowest BCUT2D eigenvalue weighted by Gasteiger charge is -2.29. The van der Waals surface area contributed by atoms with E-state index in [2.05, 4.69) is 0 Å². The fourth-order valence-corrected chi connectivity index (χ4v) is 2.32. The van der Waals surface area contributed by atoms with E-state index < -0.39 is 0 Å². The van der Waals surface area contributed by atoms with Gasteiger partial charge in [0.15, 0.2) is 0 Å². The minimum atomic E-state index is -0.220. The lowest BCUT2D eigenvalue weighted by atomic mass is 10.1. The van der Waals surface area contributed by atoms with Gasteiger partial charge in [-0.05, 0) is 24.3 Å². The summed E-state index contributed by atoms with van der Waals surface area (Å²) in [5.74, 6) is 0.104. The first kappa shape index (κ1) is 9.68. The molecule has 4 heteroatoms. The molecule has 1 aromatic heterocycles. The second-order valence-electron chi connectivity index (χ2n) is 3.50. The number of piperidine rings is 1. The van der Waals surface area contributed by atoms with Crippen LogP contribution in [0.1, 0.15) is 22.5 Å². The molecule has 0 aliphatic carbocycles. The minimum absolute atomic E-state index is 0.104. The maximum absolute atomic E-state index is 11.8. The summed E-state index contributed by atoms with van der Waals surface area (Å²) in [6.45, 7) is 1.36. The summed E-state index contributed by atoms with van der Waals surface area (Å²) in [5.41, 5.74) is 0. The number of hydrogen-bond donors (Lipinski definition) is 1. The Kier molecular flexibility index (Phi) is 2.84. The molecule has 0 unspecified atom stereocenters. The van der Waals surface area contributed by atoms with Gasteiger partial charge in [-0.15, -0.1) is 11.3 Å². The Morgan fingerprint density at radius 2 is 2.21 bits per heavy atom. The van der Waals surface area contributed by atoms with Crippen molar-refractivity contribution in [3.63, 3.8) is 0 Å². The lowest BCUT2D eigenvalue weighted by molar-refractivity contribution is 0.0551.